The smallest absolute Gasteiger partial charge is 0.422 e. The van der Waals surface area contributed by atoms with Gasteiger partial charge in [-0.3, -0.25) is 5.10 Å². The standard InChI is InChI=1S/C5H9N5O4S/c1-3-6-4(8-7-3)9-15(12,13)10-5(11)14-2/h1-2H3,(H,10,11)(H2,6,7,8,9). The zero-order valence-corrected chi connectivity index (χ0v) is 8.75. The molecule has 0 fully saturated rings. The zero-order valence-electron chi connectivity index (χ0n) is 7.94. The molecule has 0 aliphatic rings. The molecule has 0 atom stereocenters. The van der Waals surface area contributed by atoms with E-state index >= 15 is 0 Å². The fourth-order valence-electron chi connectivity index (χ4n) is 0.685. The lowest BCUT2D eigenvalue weighted by Gasteiger charge is -2.04. The monoisotopic (exact) mass is 235 g/mol. The number of aryl methyl sites for hydroxylation is 1. The number of hydrogen-bond donors (Lipinski definition) is 3. The maximum Gasteiger partial charge on any atom is 0.422 e. The Kier molecular flexibility index (Phi) is 3.09. The van der Waals surface area contributed by atoms with Crippen molar-refractivity contribution in [1.82, 2.24) is 19.9 Å². The number of carbonyl (C=O) groups excluding carboxylic acids is 1. The summed E-state index contributed by atoms with van der Waals surface area (Å²) in [6, 6.07) is 0. The lowest BCUT2D eigenvalue weighted by Crippen LogP contribution is -2.35. The number of methoxy groups -OCH3 is 1. The summed E-state index contributed by atoms with van der Waals surface area (Å²) >= 11 is 0. The Morgan fingerprint density at radius 3 is 2.67 bits per heavy atom. The van der Waals surface area contributed by atoms with Crippen LogP contribution in [0, 0.1) is 6.92 Å². The van der Waals surface area contributed by atoms with Gasteiger partial charge in [-0.25, -0.2) is 14.2 Å². The van der Waals surface area contributed by atoms with Gasteiger partial charge in [0.25, 0.3) is 5.95 Å². The molecule has 0 aliphatic heterocycles. The van der Waals surface area contributed by atoms with Crippen molar-refractivity contribution in [2.24, 2.45) is 0 Å². The Bertz CT molecular complexity index is 452. The first-order valence-electron chi connectivity index (χ1n) is 3.70. The van der Waals surface area contributed by atoms with Crippen molar-refractivity contribution < 1.29 is 17.9 Å². The molecule has 0 spiro atoms. The van der Waals surface area contributed by atoms with E-state index in [0.29, 0.717) is 5.82 Å². The van der Waals surface area contributed by atoms with Crippen molar-refractivity contribution in [3.8, 4) is 0 Å². The molecule has 84 valence electrons. The molecule has 1 aromatic rings. The first-order valence-corrected chi connectivity index (χ1v) is 5.19. The molecule has 1 heterocycles. The summed E-state index contributed by atoms with van der Waals surface area (Å²) in [4.78, 5) is 14.3. The van der Waals surface area contributed by atoms with Gasteiger partial charge in [0.15, 0.2) is 0 Å². The molecule has 0 radical (unpaired) electrons. The molecule has 9 nitrogen and oxygen atoms in total. The Labute approximate surface area is 85.4 Å². The highest BCUT2D eigenvalue weighted by Crippen LogP contribution is 1.99. The summed E-state index contributed by atoms with van der Waals surface area (Å²) < 4.78 is 29.9. The number of carbonyl (C=O) groups is 1. The number of nitrogens with one attached hydrogen (secondary N) is 3. The van der Waals surface area contributed by atoms with Crippen molar-refractivity contribution in [2.45, 2.75) is 6.92 Å². The molecule has 15 heavy (non-hydrogen) atoms. The van der Waals surface area contributed by atoms with Gasteiger partial charge < -0.3 is 4.74 Å². The van der Waals surface area contributed by atoms with E-state index < -0.39 is 16.3 Å². The maximum absolute atomic E-state index is 11.2. The SMILES string of the molecule is COC(=O)NS(=O)(=O)Nc1n[nH]c(C)n1. The van der Waals surface area contributed by atoms with Crippen molar-refractivity contribution in [3.05, 3.63) is 5.82 Å². The molecule has 1 rings (SSSR count). The van der Waals surface area contributed by atoms with Gasteiger partial charge in [-0.05, 0) is 6.92 Å². The first kappa shape index (κ1) is 11.2. The number of nitrogens with zero attached hydrogens (tertiary/aromatic N) is 2. The second-order valence-electron chi connectivity index (χ2n) is 2.44. The van der Waals surface area contributed by atoms with Gasteiger partial charge in [0.2, 0.25) is 0 Å². The van der Waals surface area contributed by atoms with Crippen LogP contribution in [0.2, 0.25) is 0 Å². The van der Waals surface area contributed by atoms with Crippen molar-refractivity contribution in [2.75, 3.05) is 11.8 Å². The van der Waals surface area contributed by atoms with E-state index in [9.17, 15) is 13.2 Å². The fourth-order valence-corrected chi connectivity index (χ4v) is 1.37. The minimum absolute atomic E-state index is 0.163. The van der Waals surface area contributed by atoms with Crippen LogP contribution in [-0.4, -0.2) is 36.8 Å². The van der Waals surface area contributed by atoms with Gasteiger partial charge in [-0.1, -0.05) is 0 Å². The maximum atomic E-state index is 11.2. The average Bonchev–Trinajstić information content (AvgIpc) is 2.49. The molecule has 0 unspecified atom stereocenters. The number of amides is 1. The normalized spacial score (nSPS) is 10.8. The fraction of sp³-hybridized carbons (Fsp3) is 0.400. The molecule has 1 amide bonds. The van der Waals surface area contributed by atoms with E-state index in [1.54, 1.807) is 11.6 Å². The van der Waals surface area contributed by atoms with Crippen LogP contribution in [0.25, 0.3) is 0 Å². The predicted octanol–water partition coefficient (Wildman–Crippen LogP) is -0.874. The highest BCUT2D eigenvalue weighted by molar-refractivity contribution is 7.91. The molecule has 0 saturated carbocycles. The van der Waals surface area contributed by atoms with Crippen LogP contribution in [0.4, 0.5) is 10.7 Å². The predicted molar refractivity (Wildman–Crippen MR) is 49.2 cm³/mol. The average molecular weight is 235 g/mol. The molecule has 0 saturated heterocycles. The van der Waals surface area contributed by atoms with Crippen molar-refractivity contribution in [1.29, 1.82) is 0 Å². The molecule has 1 aromatic heterocycles. The third-order valence-electron chi connectivity index (χ3n) is 1.23. The Morgan fingerprint density at radius 2 is 2.20 bits per heavy atom. The Morgan fingerprint density at radius 1 is 1.53 bits per heavy atom. The molecule has 0 aromatic carbocycles. The van der Waals surface area contributed by atoms with E-state index in [2.05, 4.69) is 19.9 Å². The zero-order chi connectivity index (χ0) is 11.5. The molecule has 0 aliphatic carbocycles. The van der Waals surface area contributed by atoms with Crippen LogP contribution in [0.3, 0.4) is 0 Å². The molecular formula is C5H9N5O4S. The molecule has 0 bridgehead atoms. The topological polar surface area (TPSA) is 126 Å². The second kappa shape index (κ2) is 4.13. The van der Waals surface area contributed by atoms with Gasteiger partial charge in [0, 0.05) is 0 Å². The van der Waals surface area contributed by atoms with E-state index in [0.717, 1.165) is 7.11 Å². The number of aromatic amines is 1. The van der Waals surface area contributed by atoms with Crippen LogP contribution in [0.5, 0.6) is 0 Å². The van der Waals surface area contributed by atoms with Crippen LogP contribution in [0.15, 0.2) is 0 Å². The van der Waals surface area contributed by atoms with Crippen molar-refractivity contribution in [3.63, 3.8) is 0 Å². The van der Waals surface area contributed by atoms with Gasteiger partial charge in [0.1, 0.15) is 5.82 Å². The molecule has 10 heteroatoms. The van der Waals surface area contributed by atoms with Gasteiger partial charge in [-0.2, -0.15) is 13.4 Å². The second-order valence-corrected chi connectivity index (χ2v) is 3.86. The highest BCUT2D eigenvalue weighted by atomic mass is 32.2. The van der Waals surface area contributed by atoms with Crippen molar-refractivity contribution >= 4 is 22.3 Å². The lowest BCUT2D eigenvalue weighted by molar-refractivity contribution is 0.177. The van der Waals surface area contributed by atoms with Crippen LogP contribution in [-0.2, 0) is 14.9 Å². The van der Waals surface area contributed by atoms with Crippen LogP contribution >= 0.6 is 0 Å². The van der Waals surface area contributed by atoms with Crippen LogP contribution in [0.1, 0.15) is 5.82 Å². The summed E-state index contributed by atoms with van der Waals surface area (Å²) in [6.45, 7) is 1.60. The van der Waals surface area contributed by atoms with Gasteiger partial charge in [-0.15, -0.1) is 5.10 Å². The Balaban J connectivity index is 2.69. The number of ether oxygens (including phenoxy) is 1. The third kappa shape index (κ3) is 3.42. The molecule has 3 N–H and O–H groups in total. The van der Waals surface area contributed by atoms with Crippen LogP contribution < -0.4 is 9.44 Å². The van der Waals surface area contributed by atoms with E-state index in [1.807, 2.05) is 4.72 Å². The number of hydrogen-bond acceptors (Lipinski definition) is 6. The number of H-pyrrole nitrogens is 1. The minimum atomic E-state index is -4.05. The number of rotatable bonds is 3. The number of anilines is 1. The van der Waals surface area contributed by atoms with Gasteiger partial charge >= 0.3 is 16.3 Å². The summed E-state index contributed by atoms with van der Waals surface area (Å²) in [5.74, 6) is 0.273. The lowest BCUT2D eigenvalue weighted by atomic mass is 10.8. The van der Waals surface area contributed by atoms with E-state index in [-0.39, 0.29) is 5.95 Å². The van der Waals surface area contributed by atoms with E-state index in [1.165, 1.54) is 0 Å². The number of aromatic nitrogens is 3. The Hall–Kier alpha value is -1.84. The summed E-state index contributed by atoms with van der Waals surface area (Å²) in [6.07, 6.45) is -1.10. The molecular weight excluding hydrogens is 226 g/mol. The summed E-state index contributed by atoms with van der Waals surface area (Å²) in [5, 5.41) is 5.94. The summed E-state index contributed by atoms with van der Waals surface area (Å²) in [5.41, 5.74) is 0. The third-order valence-corrected chi connectivity index (χ3v) is 2.11. The minimum Gasteiger partial charge on any atom is -0.452 e. The summed E-state index contributed by atoms with van der Waals surface area (Å²) in [7, 11) is -3.01. The quantitative estimate of drug-likeness (QED) is 0.624. The van der Waals surface area contributed by atoms with Gasteiger partial charge in [0.05, 0.1) is 7.11 Å². The first-order chi connectivity index (χ1) is 6.93. The highest BCUT2D eigenvalue weighted by Gasteiger charge is 2.16. The largest absolute Gasteiger partial charge is 0.452 e. The van der Waals surface area contributed by atoms with E-state index in [4.69, 9.17) is 0 Å².